The highest BCUT2D eigenvalue weighted by Gasteiger charge is 2.08. The van der Waals surface area contributed by atoms with Gasteiger partial charge >= 0.3 is 0 Å². The van der Waals surface area contributed by atoms with Gasteiger partial charge in [-0.3, -0.25) is 4.99 Å². The van der Waals surface area contributed by atoms with Crippen LogP contribution in [0.5, 0.6) is 11.5 Å². The molecule has 0 heterocycles. The molecule has 0 radical (unpaired) electrons. The third-order valence-electron chi connectivity index (χ3n) is 1.80. The maximum atomic E-state index is 5.20. The number of methoxy groups -OCH3 is 2. The molecule has 1 aromatic rings. The van der Waals surface area contributed by atoms with Crippen molar-refractivity contribution in [3.8, 4) is 11.5 Å². The molecule has 82 valence electrons. The number of rotatable bonds is 3. The van der Waals surface area contributed by atoms with Crippen LogP contribution in [0.25, 0.3) is 0 Å². The summed E-state index contributed by atoms with van der Waals surface area (Å²) in [6, 6.07) is 3.69. The Bertz CT molecular complexity index is 384. The predicted molar refractivity (Wildman–Crippen MR) is 65.7 cm³/mol. The fraction of sp³-hybridized carbons (Fsp3) is 0.364. The molecule has 0 aliphatic carbocycles. The first-order valence-electron chi connectivity index (χ1n) is 4.52. The summed E-state index contributed by atoms with van der Waals surface area (Å²) in [7, 11) is 3.22. The van der Waals surface area contributed by atoms with Crippen LogP contribution in [0, 0.1) is 0 Å². The van der Waals surface area contributed by atoms with E-state index < -0.39 is 0 Å². The third kappa shape index (κ3) is 2.96. The molecule has 0 saturated carbocycles. The van der Waals surface area contributed by atoms with Gasteiger partial charge in [0.1, 0.15) is 0 Å². The minimum Gasteiger partial charge on any atom is -0.493 e. The smallest absolute Gasteiger partial charge is 0.162 e. The SMILES string of the molecule is COc1cc(Br)c(N=C(C)C)cc1OC. The van der Waals surface area contributed by atoms with Gasteiger partial charge in [-0.2, -0.15) is 0 Å². The Morgan fingerprint density at radius 2 is 1.67 bits per heavy atom. The largest absolute Gasteiger partial charge is 0.493 e. The molecule has 3 nitrogen and oxygen atoms in total. The topological polar surface area (TPSA) is 30.8 Å². The Kier molecular flexibility index (Phi) is 4.15. The Labute approximate surface area is 98.2 Å². The van der Waals surface area contributed by atoms with Crippen molar-refractivity contribution in [3.63, 3.8) is 0 Å². The van der Waals surface area contributed by atoms with Crippen LogP contribution in [0.15, 0.2) is 21.6 Å². The highest BCUT2D eigenvalue weighted by molar-refractivity contribution is 9.10. The Balaban J connectivity index is 3.26. The first-order chi connectivity index (χ1) is 7.08. The van der Waals surface area contributed by atoms with E-state index in [1.807, 2.05) is 26.0 Å². The molecule has 0 aromatic heterocycles. The number of ether oxygens (including phenoxy) is 2. The molecule has 1 rings (SSSR count). The second-order valence-electron chi connectivity index (χ2n) is 3.22. The molecule has 0 unspecified atom stereocenters. The van der Waals surface area contributed by atoms with Gasteiger partial charge in [0.2, 0.25) is 0 Å². The van der Waals surface area contributed by atoms with Crippen molar-refractivity contribution in [1.29, 1.82) is 0 Å². The fourth-order valence-corrected chi connectivity index (χ4v) is 1.58. The molecule has 0 atom stereocenters. The first-order valence-corrected chi connectivity index (χ1v) is 5.31. The van der Waals surface area contributed by atoms with Gasteiger partial charge in [-0.15, -0.1) is 0 Å². The van der Waals surface area contributed by atoms with Crippen molar-refractivity contribution >= 4 is 27.3 Å². The molecular formula is C11H14BrNO2. The van der Waals surface area contributed by atoms with E-state index >= 15 is 0 Å². The van der Waals surface area contributed by atoms with Crippen LogP contribution in [0.4, 0.5) is 5.69 Å². The van der Waals surface area contributed by atoms with Crippen molar-refractivity contribution in [2.24, 2.45) is 4.99 Å². The molecule has 0 saturated heterocycles. The van der Waals surface area contributed by atoms with Gasteiger partial charge in [0.15, 0.2) is 11.5 Å². The van der Waals surface area contributed by atoms with E-state index in [9.17, 15) is 0 Å². The van der Waals surface area contributed by atoms with E-state index in [0.717, 1.165) is 15.9 Å². The van der Waals surface area contributed by atoms with E-state index in [-0.39, 0.29) is 0 Å². The van der Waals surface area contributed by atoms with Crippen molar-refractivity contribution in [1.82, 2.24) is 0 Å². The number of hydrogen-bond acceptors (Lipinski definition) is 3. The van der Waals surface area contributed by atoms with Crippen LogP contribution in [0.3, 0.4) is 0 Å². The number of benzene rings is 1. The number of halogens is 1. The molecule has 0 spiro atoms. The van der Waals surface area contributed by atoms with Crippen LogP contribution in [0.1, 0.15) is 13.8 Å². The normalized spacial score (nSPS) is 9.67. The minimum atomic E-state index is 0.681. The quantitative estimate of drug-likeness (QED) is 0.787. The molecule has 0 bridgehead atoms. The Hall–Kier alpha value is -1.03. The Morgan fingerprint density at radius 3 is 2.13 bits per heavy atom. The van der Waals surface area contributed by atoms with Crippen LogP contribution in [0.2, 0.25) is 0 Å². The second kappa shape index (κ2) is 5.16. The molecule has 0 aliphatic heterocycles. The van der Waals surface area contributed by atoms with Gasteiger partial charge in [-0.05, 0) is 29.8 Å². The van der Waals surface area contributed by atoms with Gasteiger partial charge < -0.3 is 9.47 Å². The summed E-state index contributed by atoms with van der Waals surface area (Å²) in [6.07, 6.45) is 0. The number of aliphatic imine (C=N–C) groups is 1. The van der Waals surface area contributed by atoms with E-state index in [4.69, 9.17) is 9.47 Å². The van der Waals surface area contributed by atoms with Gasteiger partial charge in [0.25, 0.3) is 0 Å². The van der Waals surface area contributed by atoms with Crippen molar-refractivity contribution in [3.05, 3.63) is 16.6 Å². The lowest BCUT2D eigenvalue weighted by Gasteiger charge is -2.09. The van der Waals surface area contributed by atoms with E-state index in [1.54, 1.807) is 14.2 Å². The van der Waals surface area contributed by atoms with Crippen molar-refractivity contribution < 1.29 is 9.47 Å². The van der Waals surface area contributed by atoms with E-state index in [2.05, 4.69) is 20.9 Å². The van der Waals surface area contributed by atoms with Crippen LogP contribution in [-0.4, -0.2) is 19.9 Å². The zero-order valence-electron chi connectivity index (χ0n) is 9.30. The molecule has 0 N–H and O–H groups in total. The van der Waals surface area contributed by atoms with Crippen LogP contribution in [-0.2, 0) is 0 Å². The molecular weight excluding hydrogens is 258 g/mol. The zero-order chi connectivity index (χ0) is 11.4. The van der Waals surface area contributed by atoms with Gasteiger partial charge in [0, 0.05) is 22.3 Å². The summed E-state index contributed by atoms with van der Waals surface area (Å²) >= 11 is 3.44. The molecule has 0 amide bonds. The van der Waals surface area contributed by atoms with Crippen LogP contribution >= 0.6 is 15.9 Å². The summed E-state index contributed by atoms with van der Waals surface area (Å²) in [5.41, 5.74) is 1.83. The lowest BCUT2D eigenvalue weighted by Crippen LogP contribution is -1.90. The van der Waals surface area contributed by atoms with Gasteiger partial charge in [-0.1, -0.05) is 0 Å². The average molecular weight is 272 g/mol. The zero-order valence-corrected chi connectivity index (χ0v) is 10.9. The van der Waals surface area contributed by atoms with E-state index in [1.165, 1.54) is 0 Å². The van der Waals surface area contributed by atoms with Crippen LogP contribution < -0.4 is 9.47 Å². The Morgan fingerprint density at radius 1 is 1.13 bits per heavy atom. The maximum absolute atomic E-state index is 5.20. The number of hydrogen-bond donors (Lipinski definition) is 0. The summed E-state index contributed by atoms with van der Waals surface area (Å²) in [4.78, 5) is 4.38. The summed E-state index contributed by atoms with van der Waals surface area (Å²) in [5, 5.41) is 0. The van der Waals surface area contributed by atoms with Gasteiger partial charge in [-0.25, -0.2) is 0 Å². The average Bonchev–Trinajstić information content (AvgIpc) is 2.19. The van der Waals surface area contributed by atoms with Crippen molar-refractivity contribution in [2.75, 3.05) is 14.2 Å². The van der Waals surface area contributed by atoms with E-state index in [0.29, 0.717) is 11.5 Å². The third-order valence-corrected chi connectivity index (χ3v) is 2.43. The number of nitrogens with zero attached hydrogens (tertiary/aromatic N) is 1. The lowest BCUT2D eigenvalue weighted by molar-refractivity contribution is 0.355. The first kappa shape index (κ1) is 12.0. The lowest BCUT2D eigenvalue weighted by atomic mass is 10.2. The minimum absolute atomic E-state index is 0.681. The van der Waals surface area contributed by atoms with Crippen molar-refractivity contribution in [2.45, 2.75) is 13.8 Å². The predicted octanol–water partition coefficient (Wildman–Crippen LogP) is 3.58. The second-order valence-corrected chi connectivity index (χ2v) is 4.07. The summed E-state index contributed by atoms with van der Waals surface area (Å²) in [5.74, 6) is 1.37. The summed E-state index contributed by atoms with van der Waals surface area (Å²) < 4.78 is 11.3. The molecule has 4 heteroatoms. The molecule has 0 fully saturated rings. The summed E-state index contributed by atoms with van der Waals surface area (Å²) in [6.45, 7) is 3.90. The van der Waals surface area contributed by atoms with Gasteiger partial charge in [0.05, 0.1) is 19.9 Å². The molecule has 1 aromatic carbocycles. The maximum Gasteiger partial charge on any atom is 0.162 e. The molecule has 0 aliphatic rings. The standard InChI is InChI=1S/C11H14BrNO2/c1-7(2)13-9-6-11(15-4)10(14-3)5-8(9)12/h5-6H,1-4H3. The highest BCUT2D eigenvalue weighted by atomic mass is 79.9. The monoisotopic (exact) mass is 271 g/mol. The molecule has 15 heavy (non-hydrogen) atoms. The fourth-order valence-electron chi connectivity index (χ4n) is 1.17. The highest BCUT2D eigenvalue weighted by Crippen LogP contribution is 2.37.